The minimum absolute atomic E-state index is 0.0515. The smallest absolute Gasteiger partial charge is 0.234 e. The van der Waals surface area contributed by atoms with Crippen LogP contribution in [-0.2, 0) is 9.59 Å². The first-order valence-electron chi connectivity index (χ1n) is 8.42. The minimum Gasteiger partial charge on any atom is -0.274 e. The maximum Gasteiger partial charge on any atom is 0.234 e. The summed E-state index contributed by atoms with van der Waals surface area (Å²) in [5, 5.41) is 9.73. The van der Waals surface area contributed by atoms with Crippen molar-refractivity contribution >= 4 is 11.8 Å². The van der Waals surface area contributed by atoms with E-state index in [1.54, 1.807) is 0 Å². The van der Waals surface area contributed by atoms with Crippen molar-refractivity contribution in [2.24, 2.45) is 17.8 Å². The van der Waals surface area contributed by atoms with E-state index in [4.69, 9.17) is 0 Å². The van der Waals surface area contributed by atoms with Crippen LogP contribution in [0.25, 0.3) is 0 Å². The maximum atomic E-state index is 12.8. The highest BCUT2D eigenvalue weighted by Crippen LogP contribution is 2.48. The molecule has 2 saturated carbocycles. The second-order valence-corrected chi connectivity index (χ2v) is 7.03. The highest BCUT2D eigenvalue weighted by molar-refractivity contribution is 6.06. The Kier molecular flexibility index (Phi) is 3.77. The third-order valence-electron chi connectivity index (χ3n) is 5.88. The van der Waals surface area contributed by atoms with Gasteiger partial charge in [-0.2, -0.15) is 5.26 Å². The molecule has 0 radical (unpaired) electrons. The number of hydrogen-bond donors (Lipinski definition) is 0. The van der Waals surface area contributed by atoms with E-state index in [-0.39, 0.29) is 23.7 Å². The molecule has 0 bridgehead atoms. The third kappa shape index (κ3) is 2.18. The molecule has 4 heteroatoms. The molecule has 1 saturated heterocycles. The van der Waals surface area contributed by atoms with E-state index in [1.807, 2.05) is 0 Å². The Bertz CT molecular complexity index is 462. The summed E-state index contributed by atoms with van der Waals surface area (Å²) in [6.45, 7) is 2.13. The van der Waals surface area contributed by atoms with Gasteiger partial charge in [0.2, 0.25) is 11.8 Å². The average molecular weight is 288 g/mol. The number of amides is 2. The Morgan fingerprint density at radius 2 is 1.62 bits per heavy atom. The molecule has 114 valence electrons. The van der Waals surface area contributed by atoms with Crippen LogP contribution < -0.4 is 0 Å². The second kappa shape index (κ2) is 5.44. The third-order valence-corrected chi connectivity index (χ3v) is 5.88. The summed E-state index contributed by atoms with van der Waals surface area (Å²) in [5.41, 5.74) is -0.850. The molecular weight excluding hydrogens is 264 g/mol. The molecule has 3 aliphatic rings. The number of nitrogens with zero attached hydrogens (tertiary/aromatic N) is 2. The number of nitriles is 1. The van der Waals surface area contributed by atoms with Crippen LogP contribution in [0.2, 0.25) is 0 Å². The van der Waals surface area contributed by atoms with Crippen LogP contribution in [0, 0.1) is 29.1 Å². The first-order chi connectivity index (χ1) is 10.1. The number of imide groups is 1. The molecule has 0 aromatic carbocycles. The molecular formula is C17H24N2O2. The van der Waals surface area contributed by atoms with Crippen molar-refractivity contribution in [1.82, 2.24) is 4.90 Å². The second-order valence-electron chi connectivity index (χ2n) is 7.03. The van der Waals surface area contributed by atoms with Gasteiger partial charge in [-0.3, -0.25) is 14.5 Å². The fourth-order valence-electron chi connectivity index (χ4n) is 4.58. The van der Waals surface area contributed by atoms with E-state index in [9.17, 15) is 14.9 Å². The van der Waals surface area contributed by atoms with E-state index in [1.165, 1.54) is 4.90 Å². The molecule has 3 rings (SSSR count). The Hall–Kier alpha value is -1.37. The van der Waals surface area contributed by atoms with Crippen LogP contribution in [0.1, 0.15) is 64.7 Å². The lowest BCUT2D eigenvalue weighted by atomic mass is 9.89. The molecule has 1 heterocycles. The van der Waals surface area contributed by atoms with Gasteiger partial charge in [-0.25, -0.2) is 0 Å². The van der Waals surface area contributed by atoms with Crippen LogP contribution in [0.15, 0.2) is 0 Å². The average Bonchev–Trinajstić information content (AvgIpc) is 2.91. The molecule has 2 aliphatic carbocycles. The number of fused-ring (bicyclic) bond motifs is 1. The van der Waals surface area contributed by atoms with E-state index in [2.05, 4.69) is 13.0 Å². The number of rotatable bonds is 2. The van der Waals surface area contributed by atoms with Gasteiger partial charge in [0.1, 0.15) is 5.54 Å². The minimum atomic E-state index is -0.850. The van der Waals surface area contributed by atoms with Crippen LogP contribution in [0.3, 0.4) is 0 Å². The van der Waals surface area contributed by atoms with Gasteiger partial charge < -0.3 is 0 Å². The lowest BCUT2D eigenvalue weighted by Gasteiger charge is -2.34. The van der Waals surface area contributed by atoms with Crippen molar-refractivity contribution in [2.75, 3.05) is 0 Å². The van der Waals surface area contributed by atoms with Gasteiger partial charge >= 0.3 is 0 Å². The Labute approximate surface area is 126 Å². The fourth-order valence-corrected chi connectivity index (χ4v) is 4.58. The van der Waals surface area contributed by atoms with Crippen LogP contribution in [-0.4, -0.2) is 22.3 Å². The standard InChI is InChI=1S/C17H24N2O2/c1-2-12-9-13-14(10-12)16(21)19(15(13)20)17(11-18)7-5-3-4-6-8-17/h12-14H,2-10H2,1H3. The summed E-state index contributed by atoms with van der Waals surface area (Å²) in [6, 6.07) is 2.36. The predicted molar refractivity (Wildman–Crippen MR) is 77.9 cm³/mol. The zero-order valence-corrected chi connectivity index (χ0v) is 12.8. The highest BCUT2D eigenvalue weighted by atomic mass is 16.2. The van der Waals surface area contributed by atoms with Crippen LogP contribution in [0.5, 0.6) is 0 Å². The van der Waals surface area contributed by atoms with E-state index < -0.39 is 5.54 Å². The van der Waals surface area contributed by atoms with E-state index in [0.717, 1.165) is 44.9 Å². The lowest BCUT2D eigenvalue weighted by Crippen LogP contribution is -2.51. The van der Waals surface area contributed by atoms with Crippen molar-refractivity contribution in [1.29, 1.82) is 5.26 Å². The molecule has 0 aromatic rings. The van der Waals surface area contributed by atoms with E-state index >= 15 is 0 Å². The first kappa shape index (κ1) is 14.6. The first-order valence-corrected chi connectivity index (χ1v) is 8.42. The molecule has 2 amide bonds. The maximum absolute atomic E-state index is 12.8. The number of hydrogen-bond acceptors (Lipinski definition) is 3. The summed E-state index contributed by atoms with van der Waals surface area (Å²) >= 11 is 0. The van der Waals surface area contributed by atoms with Crippen molar-refractivity contribution in [2.45, 2.75) is 70.3 Å². The largest absolute Gasteiger partial charge is 0.274 e. The van der Waals surface area contributed by atoms with Gasteiger partial charge in [-0.15, -0.1) is 0 Å². The van der Waals surface area contributed by atoms with Crippen molar-refractivity contribution < 1.29 is 9.59 Å². The molecule has 1 aliphatic heterocycles. The summed E-state index contributed by atoms with van der Waals surface area (Å²) in [7, 11) is 0. The highest BCUT2D eigenvalue weighted by Gasteiger charge is 2.58. The monoisotopic (exact) mass is 288 g/mol. The molecule has 3 fully saturated rings. The van der Waals surface area contributed by atoms with Gasteiger partial charge in [-0.05, 0) is 31.6 Å². The SMILES string of the molecule is CCC1CC2C(=O)N(C3(C#N)CCCCCC3)C(=O)C2C1. The lowest BCUT2D eigenvalue weighted by molar-refractivity contribution is -0.146. The molecule has 0 spiro atoms. The van der Waals surface area contributed by atoms with Crippen molar-refractivity contribution in [3.8, 4) is 6.07 Å². The molecule has 2 unspecified atom stereocenters. The number of likely N-dealkylation sites (tertiary alicyclic amines) is 1. The number of carbonyl (C=O) groups excluding carboxylic acids is 2. The van der Waals surface area contributed by atoms with Gasteiger partial charge in [0.15, 0.2) is 0 Å². The van der Waals surface area contributed by atoms with Crippen molar-refractivity contribution in [3.63, 3.8) is 0 Å². The summed E-state index contributed by atoms with van der Waals surface area (Å²) in [5.74, 6) is 0.114. The zero-order valence-electron chi connectivity index (χ0n) is 12.8. The molecule has 0 N–H and O–H groups in total. The molecule has 4 nitrogen and oxygen atoms in total. The molecule has 0 aromatic heterocycles. The Morgan fingerprint density at radius 3 is 2.05 bits per heavy atom. The Morgan fingerprint density at radius 1 is 1.10 bits per heavy atom. The molecule has 2 atom stereocenters. The predicted octanol–water partition coefficient (Wildman–Crippen LogP) is 3.02. The normalized spacial score (nSPS) is 35.4. The quantitative estimate of drug-likeness (QED) is 0.579. The van der Waals surface area contributed by atoms with Gasteiger partial charge in [-0.1, -0.05) is 39.0 Å². The van der Waals surface area contributed by atoms with Crippen LogP contribution >= 0.6 is 0 Å². The summed E-state index contributed by atoms with van der Waals surface area (Å²) in [4.78, 5) is 27.0. The van der Waals surface area contributed by atoms with Gasteiger partial charge in [0.05, 0.1) is 17.9 Å². The van der Waals surface area contributed by atoms with Crippen molar-refractivity contribution in [3.05, 3.63) is 0 Å². The van der Waals surface area contributed by atoms with E-state index in [0.29, 0.717) is 18.8 Å². The summed E-state index contributed by atoms with van der Waals surface area (Å²) in [6.07, 6.45) is 8.13. The summed E-state index contributed by atoms with van der Waals surface area (Å²) < 4.78 is 0. The Balaban J connectivity index is 1.88. The topological polar surface area (TPSA) is 61.2 Å². The van der Waals surface area contributed by atoms with Gasteiger partial charge in [0.25, 0.3) is 0 Å². The fraction of sp³-hybridized carbons (Fsp3) is 0.824. The molecule has 21 heavy (non-hydrogen) atoms. The number of carbonyl (C=O) groups is 2. The van der Waals surface area contributed by atoms with Gasteiger partial charge in [0, 0.05) is 0 Å². The van der Waals surface area contributed by atoms with Crippen LogP contribution in [0.4, 0.5) is 0 Å². The zero-order chi connectivity index (χ0) is 15.0.